The van der Waals surface area contributed by atoms with E-state index in [0.717, 1.165) is 37.0 Å². The summed E-state index contributed by atoms with van der Waals surface area (Å²) in [6.45, 7) is 10.8. The maximum Gasteiger partial charge on any atom is 0.407 e. The first kappa shape index (κ1) is 35.3. The van der Waals surface area contributed by atoms with E-state index in [1.54, 1.807) is 33.8 Å². The monoisotopic (exact) mass is 638 g/mol. The fraction of sp³-hybridized carbons (Fsp3) is 0.613. The molecule has 1 aliphatic carbocycles. The Morgan fingerprint density at radius 2 is 1.86 bits per heavy atom. The molecule has 1 saturated carbocycles. The van der Waals surface area contributed by atoms with E-state index in [-0.39, 0.29) is 16.8 Å². The standard InChI is InChI=1S/C31H45F3N6O3S/c1-7-21(10-9-20(2)27(41)35-13-8-14-36-29(42)43-30(3,4)5)18-37-22-11-12-23(15-22)40(6)26-25-16-24(17-31(32,33)34)44-28(25)39-19-38-26/h9-10,16,19,22-23,37H,7-8,11-15,17-18H2,1-6H3,(H,35,41)(H,36,42)/b20-9+,21-10+. The fourth-order valence-electron chi connectivity index (χ4n) is 4.96. The zero-order valence-corrected chi connectivity index (χ0v) is 27.3. The Morgan fingerprint density at radius 3 is 2.55 bits per heavy atom. The van der Waals surface area contributed by atoms with E-state index >= 15 is 0 Å². The van der Waals surface area contributed by atoms with Crippen molar-refractivity contribution in [2.24, 2.45) is 0 Å². The molecule has 2 unspecified atom stereocenters. The van der Waals surface area contributed by atoms with Crippen LogP contribution in [0.2, 0.25) is 0 Å². The van der Waals surface area contributed by atoms with Crippen molar-refractivity contribution in [2.45, 2.75) is 97.0 Å². The smallest absolute Gasteiger partial charge is 0.407 e. The molecule has 1 aliphatic rings. The summed E-state index contributed by atoms with van der Waals surface area (Å²) in [6.07, 6.45) is 3.76. The minimum atomic E-state index is -4.26. The van der Waals surface area contributed by atoms with Gasteiger partial charge in [0.25, 0.3) is 0 Å². The summed E-state index contributed by atoms with van der Waals surface area (Å²) in [5.74, 6) is 0.510. The zero-order chi connectivity index (χ0) is 32.5. The Bertz CT molecular complexity index is 1340. The van der Waals surface area contributed by atoms with Crippen LogP contribution in [-0.4, -0.2) is 72.5 Å². The Morgan fingerprint density at radius 1 is 1.14 bits per heavy atom. The second-order valence-electron chi connectivity index (χ2n) is 12.1. The van der Waals surface area contributed by atoms with Gasteiger partial charge in [-0.1, -0.05) is 24.6 Å². The molecule has 2 amide bonds. The molecule has 44 heavy (non-hydrogen) atoms. The number of carbonyl (C=O) groups is 2. The van der Waals surface area contributed by atoms with Gasteiger partial charge in [0.2, 0.25) is 5.91 Å². The van der Waals surface area contributed by atoms with Gasteiger partial charge in [-0.05, 0) is 65.9 Å². The molecule has 9 nitrogen and oxygen atoms in total. The summed E-state index contributed by atoms with van der Waals surface area (Å²) in [5.41, 5.74) is 1.22. The van der Waals surface area contributed by atoms with Crippen molar-refractivity contribution in [2.75, 3.05) is 31.6 Å². The van der Waals surface area contributed by atoms with Crippen LogP contribution in [0.5, 0.6) is 0 Å². The molecule has 0 saturated heterocycles. The molecule has 3 rings (SSSR count). The number of hydrogen-bond donors (Lipinski definition) is 3. The minimum absolute atomic E-state index is 0.154. The van der Waals surface area contributed by atoms with E-state index in [1.807, 2.05) is 19.2 Å². The van der Waals surface area contributed by atoms with Crippen LogP contribution < -0.4 is 20.9 Å². The van der Waals surface area contributed by atoms with Gasteiger partial charge in [0.05, 0.1) is 11.8 Å². The number of amides is 2. The van der Waals surface area contributed by atoms with Crippen LogP contribution in [0.15, 0.2) is 35.7 Å². The second kappa shape index (κ2) is 15.7. The second-order valence-corrected chi connectivity index (χ2v) is 13.3. The quantitative estimate of drug-likeness (QED) is 0.139. The van der Waals surface area contributed by atoms with Crippen LogP contribution in [0, 0.1) is 0 Å². The summed E-state index contributed by atoms with van der Waals surface area (Å²) in [5, 5.41) is 9.84. The SMILES string of the molecule is CC/C(=C\C=C(/C)C(=O)NCCCNC(=O)OC(C)(C)C)CNC1CCC(N(C)c2ncnc3sc(CC(F)(F)F)cc23)C1. The number of alkyl halides is 3. The summed E-state index contributed by atoms with van der Waals surface area (Å²) in [7, 11) is 1.95. The summed E-state index contributed by atoms with van der Waals surface area (Å²) < 4.78 is 44.0. The van der Waals surface area contributed by atoms with Gasteiger partial charge in [0.1, 0.15) is 22.6 Å². The number of nitrogens with zero attached hydrogens (tertiary/aromatic N) is 3. The average Bonchev–Trinajstić information content (AvgIpc) is 3.56. The highest BCUT2D eigenvalue weighted by Crippen LogP contribution is 2.35. The molecular formula is C31H45F3N6O3S. The van der Waals surface area contributed by atoms with Gasteiger partial charge in [-0.3, -0.25) is 4.79 Å². The molecular weight excluding hydrogens is 593 g/mol. The average molecular weight is 639 g/mol. The van der Waals surface area contributed by atoms with Crippen molar-refractivity contribution in [3.05, 3.63) is 40.6 Å². The molecule has 0 aliphatic heterocycles. The molecule has 0 aromatic carbocycles. The van der Waals surface area contributed by atoms with E-state index in [0.29, 0.717) is 53.7 Å². The van der Waals surface area contributed by atoms with Crippen LogP contribution in [0.25, 0.3) is 10.2 Å². The predicted octanol–water partition coefficient (Wildman–Crippen LogP) is 6.06. The van der Waals surface area contributed by atoms with Crippen molar-refractivity contribution in [3.63, 3.8) is 0 Å². The number of anilines is 1. The first-order chi connectivity index (χ1) is 20.6. The number of halogens is 3. The number of thiophene rings is 1. The van der Waals surface area contributed by atoms with Crippen LogP contribution in [0.4, 0.5) is 23.8 Å². The fourth-order valence-corrected chi connectivity index (χ4v) is 5.98. The molecule has 2 aromatic rings. The lowest BCUT2D eigenvalue weighted by molar-refractivity contribution is -0.126. The third-order valence-electron chi connectivity index (χ3n) is 7.33. The Kier molecular flexibility index (Phi) is 12.6. The van der Waals surface area contributed by atoms with Crippen LogP contribution in [-0.2, 0) is 16.0 Å². The van der Waals surface area contributed by atoms with Crippen molar-refractivity contribution < 1.29 is 27.5 Å². The first-order valence-electron chi connectivity index (χ1n) is 15.0. The van der Waals surface area contributed by atoms with Crippen molar-refractivity contribution in [1.82, 2.24) is 25.9 Å². The molecule has 2 aromatic heterocycles. The largest absolute Gasteiger partial charge is 0.444 e. The van der Waals surface area contributed by atoms with E-state index in [4.69, 9.17) is 4.74 Å². The van der Waals surface area contributed by atoms with Gasteiger partial charge in [-0.2, -0.15) is 13.2 Å². The Balaban J connectivity index is 1.45. The van der Waals surface area contributed by atoms with Crippen molar-refractivity contribution in [3.8, 4) is 0 Å². The number of ether oxygens (including phenoxy) is 1. The normalized spacial score (nSPS) is 18.0. The van der Waals surface area contributed by atoms with Gasteiger partial charge in [-0.15, -0.1) is 11.3 Å². The number of allylic oxidation sites excluding steroid dienone is 2. The van der Waals surface area contributed by atoms with E-state index in [2.05, 4.69) is 37.7 Å². The molecule has 2 heterocycles. The highest BCUT2D eigenvalue weighted by Gasteiger charge is 2.31. The lowest BCUT2D eigenvalue weighted by atomic mass is 10.1. The van der Waals surface area contributed by atoms with Crippen molar-refractivity contribution in [1.29, 1.82) is 0 Å². The summed E-state index contributed by atoms with van der Waals surface area (Å²) >= 11 is 1.06. The number of hydrogen-bond acceptors (Lipinski definition) is 8. The summed E-state index contributed by atoms with van der Waals surface area (Å²) in [6, 6.07) is 2.07. The lowest BCUT2D eigenvalue weighted by Gasteiger charge is -2.26. The van der Waals surface area contributed by atoms with Gasteiger partial charge in [0.15, 0.2) is 0 Å². The molecule has 244 valence electrons. The number of fused-ring (bicyclic) bond motifs is 1. The zero-order valence-electron chi connectivity index (χ0n) is 26.4. The number of carbonyl (C=O) groups excluding carboxylic acids is 2. The number of aromatic nitrogens is 2. The highest BCUT2D eigenvalue weighted by molar-refractivity contribution is 7.18. The molecule has 13 heteroatoms. The highest BCUT2D eigenvalue weighted by atomic mass is 32.1. The van der Waals surface area contributed by atoms with Gasteiger partial charge in [-0.25, -0.2) is 14.8 Å². The van der Waals surface area contributed by atoms with Gasteiger partial charge >= 0.3 is 12.3 Å². The Labute approximate surface area is 261 Å². The predicted molar refractivity (Wildman–Crippen MR) is 169 cm³/mol. The molecule has 2 atom stereocenters. The summed E-state index contributed by atoms with van der Waals surface area (Å²) in [4.78, 5) is 35.6. The topological polar surface area (TPSA) is 108 Å². The number of alkyl carbamates (subject to hydrolysis) is 1. The third-order valence-corrected chi connectivity index (χ3v) is 8.37. The van der Waals surface area contributed by atoms with Crippen molar-refractivity contribution >= 4 is 39.4 Å². The number of nitrogens with one attached hydrogen (secondary N) is 3. The van der Waals surface area contributed by atoms with Crippen LogP contribution >= 0.6 is 11.3 Å². The lowest BCUT2D eigenvalue weighted by Crippen LogP contribution is -2.34. The van der Waals surface area contributed by atoms with E-state index in [1.165, 1.54) is 11.9 Å². The molecule has 0 radical (unpaired) electrons. The van der Waals surface area contributed by atoms with E-state index < -0.39 is 24.3 Å². The maximum atomic E-state index is 12.9. The molecule has 0 spiro atoms. The third kappa shape index (κ3) is 11.4. The molecule has 3 N–H and O–H groups in total. The van der Waals surface area contributed by atoms with Gasteiger partial charge < -0.3 is 25.6 Å². The number of rotatable bonds is 13. The Hall–Kier alpha value is -3.19. The van der Waals surface area contributed by atoms with E-state index in [9.17, 15) is 22.8 Å². The van der Waals surface area contributed by atoms with Gasteiger partial charge in [0, 0.05) is 49.2 Å². The minimum Gasteiger partial charge on any atom is -0.444 e. The van der Waals surface area contributed by atoms with Crippen LogP contribution in [0.3, 0.4) is 0 Å². The molecule has 1 fully saturated rings. The van der Waals surface area contributed by atoms with Crippen LogP contribution in [0.1, 0.15) is 71.6 Å². The molecule has 0 bridgehead atoms. The first-order valence-corrected chi connectivity index (χ1v) is 15.8. The maximum absolute atomic E-state index is 12.9.